The highest BCUT2D eigenvalue weighted by Gasteiger charge is 2.38. The molecule has 1 rings (SSSR count). The van der Waals surface area contributed by atoms with E-state index in [2.05, 4.69) is 5.32 Å². The number of carbonyl (C=O) groups excluding carboxylic acids is 2. The van der Waals surface area contributed by atoms with Crippen molar-refractivity contribution >= 4 is 17.8 Å². The molecule has 0 saturated heterocycles. The Morgan fingerprint density at radius 2 is 2.00 bits per heavy atom. The summed E-state index contributed by atoms with van der Waals surface area (Å²) in [6, 6.07) is 0. The maximum absolute atomic E-state index is 11.9. The number of hydrogen-bond donors (Lipinski definition) is 2. The largest absolute Gasteiger partial charge is 0.481 e. The number of nitrogens with zero attached hydrogens (tertiary/aromatic N) is 1. The zero-order chi connectivity index (χ0) is 15.3. The van der Waals surface area contributed by atoms with Crippen molar-refractivity contribution < 1.29 is 19.5 Å². The van der Waals surface area contributed by atoms with Gasteiger partial charge in [-0.25, -0.2) is 0 Å². The lowest BCUT2D eigenvalue weighted by Gasteiger charge is -2.23. The molecule has 1 saturated carbocycles. The Balaban J connectivity index is 2.28. The SMILES string of the molecule is CCN(CC(C)C(=O)O)C(=O)CCNC(=O)C1CC1C. The molecule has 6 nitrogen and oxygen atoms in total. The molecule has 1 aliphatic rings. The Bertz CT molecular complexity index is 383. The predicted molar refractivity (Wildman–Crippen MR) is 74.0 cm³/mol. The topological polar surface area (TPSA) is 86.7 Å². The monoisotopic (exact) mass is 284 g/mol. The minimum absolute atomic E-state index is 0.0206. The fraction of sp³-hybridized carbons (Fsp3) is 0.786. The van der Waals surface area contributed by atoms with Crippen LogP contribution in [0.15, 0.2) is 0 Å². The Labute approximate surface area is 119 Å². The minimum Gasteiger partial charge on any atom is -0.481 e. The van der Waals surface area contributed by atoms with Crippen molar-refractivity contribution in [3.8, 4) is 0 Å². The Kier molecular flexibility index (Phi) is 5.98. The van der Waals surface area contributed by atoms with Gasteiger partial charge >= 0.3 is 5.97 Å². The van der Waals surface area contributed by atoms with Crippen LogP contribution in [0.1, 0.15) is 33.6 Å². The van der Waals surface area contributed by atoms with E-state index in [0.29, 0.717) is 19.0 Å². The van der Waals surface area contributed by atoms with Crippen molar-refractivity contribution in [2.45, 2.75) is 33.6 Å². The predicted octanol–water partition coefficient (Wildman–Crippen LogP) is 0.718. The Hall–Kier alpha value is -1.59. The highest BCUT2D eigenvalue weighted by atomic mass is 16.4. The van der Waals surface area contributed by atoms with Gasteiger partial charge in [-0.2, -0.15) is 0 Å². The van der Waals surface area contributed by atoms with Gasteiger partial charge in [0.15, 0.2) is 0 Å². The molecule has 1 aliphatic carbocycles. The molecule has 114 valence electrons. The summed E-state index contributed by atoms with van der Waals surface area (Å²) in [6.45, 7) is 6.42. The molecule has 0 spiro atoms. The van der Waals surface area contributed by atoms with Crippen molar-refractivity contribution in [1.29, 1.82) is 0 Å². The van der Waals surface area contributed by atoms with Crippen LogP contribution in [0.25, 0.3) is 0 Å². The van der Waals surface area contributed by atoms with Crippen molar-refractivity contribution in [1.82, 2.24) is 10.2 Å². The molecular formula is C14H24N2O4. The van der Waals surface area contributed by atoms with E-state index in [4.69, 9.17) is 5.11 Å². The van der Waals surface area contributed by atoms with Crippen molar-refractivity contribution in [2.24, 2.45) is 17.8 Å². The van der Waals surface area contributed by atoms with Crippen LogP contribution in [-0.2, 0) is 14.4 Å². The smallest absolute Gasteiger partial charge is 0.308 e. The quantitative estimate of drug-likeness (QED) is 0.687. The molecule has 0 aliphatic heterocycles. The summed E-state index contributed by atoms with van der Waals surface area (Å²) >= 11 is 0. The number of carboxylic acid groups (broad SMARTS) is 1. The second kappa shape index (κ2) is 7.26. The van der Waals surface area contributed by atoms with Gasteiger partial charge in [0.25, 0.3) is 0 Å². The zero-order valence-electron chi connectivity index (χ0n) is 12.4. The molecule has 0 aromatic carbocycles. The first-order chi connectivity index (χ1) is 9.36. The van der Waals surface area contributed by atoms with Gasteiger partial charge in [-0.3, -0.25) is 14.4 Å². The van der Waals surface area contributed by atoms with E-state index < -0.39 is 11.9 Å². The molecule has 20 heavy (non-hydrogen) atoms. The van der Waals surface area contributed by atoms with Crippen LogP contribution >= 0.6 is 0 Å². The van der Waals surface area contributed by atoms with Crippen LogP contribution < -0.4 is 5.32 Å². The molecule has 0 aromatic rings. The molecule has 0 radical (unpaired) electrons. The first-order valence-electron chi connectivity index (χ1n) is 7.15. The van der Waals surface area contributed by atoms with Gasteiger partial charge in [-0.1, -0.05) is 13.8 Å². The Morgan fingerprint density at radius 3 is 2.45 bits per heavy atom. The number of nitrogens with one attached hydrogen (secondary N) is 1. The number of hydrogen-bond acceptors (Lipinski definition) is 3. The minimum atomic E-state index is -0.910. The van der Waals surface area contributed by atoms with Crippen LogP contribution in [0.4, 0.5) is 0 Å². The molecule has 2 amide bonds. The average Bonchev–Trinajstić information content (AvgIpc) is 3.12. The molecule has 2 N–H and O–H groups in total. The van der Waals surface area contributed by atoms with E-state index in [1.807, 2.05) is 13.8 Å². The van der Waals surface area contributed by atoms with Gasteiger partial charge in [0.1, 0.15) is 0 Å². The number of carbonyl (C=O) groups is 3. The third kappa shape index (κ3) is 4.83. The van der Waals surface area contributed by atoms with E-state index in [1.54, 1.807) is 6.92 Å². The first kappa shape index (κ1) is 16.5. The summed E-state index contributed by atoms with van der Waals surface area (Å²) in [5.41, 5.74) is 0. The normalized spacial score (nSPS) is 21.9. The molecule has 1 fully saturated rings. The lowest BCUT2D eigenvalue weighted by molar-refractivity contribution is -0.143. The Morgan fingerprint density at radius 1 is 1.40 bits per heavy atom. The van der Waals surface area contributed by atoms with Gasteiger partial charge in [-0.05, 0) is 19.3 Å². The molecule has 0 bridgehead atoms. The summed E-state index contributed by atoms with van der Waals surface area (Å²) in [6.07, 6.45) is 1.14. The summed E-state index contributed by atoms with van der Waals surface area (Å²) < 4.78 is 0. The molecule has 0 aromatic heterocycles. The summed E-state index contributed by atoms with van der Waals surface area (Å²) in [5, 5.41) is 11.6. The molecule has 3 unspecified atom stereocenters. The second-order valence-corrected chi connectivity index (χ2v) is 5.53. The van der Waals surface area contributed by atoms with Crippen LogP contribution in [0.2, 0.25) is 0 Å². The van der Waals surface area contributed by atoms with Crippen LogP contribution in [-0.4, -0.2) is 47.4 Å². The van der Waals surface area contributed by atoms with Crippen LogP contribution in [0, 0.1) is 17.8 Å². The van der Waals surface area contributed by atoms with Gasteiger partial charge in [0, 0.05) is 32.0 Å². The highest BCUT2D eigenvalue weighted by molar-refractivity contribution is 5.82. The average molecular weight is 284 g/mol. The fourth-order valence-electron chi connectivity index (χ4n) is 2.09. The van der Waals surface area contributed by atoms with E-state index in [-0.39, 0.29) is 30.7 Å². The summed E-state index contributed by atoms with van der Waals surface area (Å²) in [7, 11) is 0. The third-order valence-electron chi connectivity index (χ3n) is 3.73. The first-order valence-corrected chi connectivity index (χ1v) is 7.15. The number of amides is 2. The standard InChI is InChI=1S/C14H24N2O4/c1-4-16(8-10(3)14(19)20)12(17)5-6-15-13(18)11-7-9(11)2/h9-11H,4-8H2,1-3H3,(H,15,18)(H,19,20). The highest BCUT2D eigenvalue weighted by Crippen LogP contribution is 2.37. The van der Waals surface area contributed by atoms with E-state index in [1.165, 1.54) is 4.90 Å². The van der Waals surface area contributed by atoms with Crippen LogP contribution in [0.3, 0.4) is 0 Å². The number of carboxylic acids is 1. The lowest BCUT2D eigenvalue weighted by atomic mass is 10.1. The zero-order valence-corrected chi connectivity index (χ0v) is 12.4. The van der Waals surface area contributed by atoms with Crippen molar-refractivity contribution in [3.63, 3.8) is 0 Å². The molecule has 6 heteroatoms. The molecule has 0 heterocycles. The maximum atomic E-state index is 11.9. The number of aliphatic carboxylic acids is 1. The van der Waals surface area contributed by atoms with Crippen molar-refractivity contribution in [3.05, 3.63) is 0 Å². The fourth-order valence-corrected chi connectivity index (χ4v) is 2.09. The van der Waals surface area contributed by atoms with Crippen LogP contribution in [0.5, 0.6) is 0 Å². The van der Waals surface area contributed by atoms with E-state index in [0.717, 1.165) is 6.42 Å². The molecular weight excluding hydrogens is 260 g/mol. The van der Waals surface area contributed by atoms with Crippen molar-refractivity contribution in [2.75, 3.05) is 19.6 Å². The third-order valence-corrected chi connectivity index (χ3v) is 3.73. The summed E-state index contributed by atoms with van der Waals surface area (Å²) in [5.74, 6) is -1.03. The van der Waals surface area contributed by atoms with Gasteiger partial charge in [-0.15, -0.1) is 0 Å². The van der Waals surface area contributed by atoms with E-state index >= 15 is 0 Å². The lowest BCUT2D eigenvalue weighted by Crippen LogP contribution is -2.38. The van der Waals surface area contributed by atoms with Gasteiger partial charge < -0.3 is 15.3 Å². The van der Waals surface area contributed by atoms with Gasteiger partial charge in [0.2, 0.25) is 11.8 Å². The maximum Gasteiger partial charge on any atom is 0.308 e. The summed E-state index contributed by atoms with van der Waals surface area (Å²) in [4.78, 5) is 35.8. The second-order valence-electron chi connectivity index (χ2n) is 5.53. The molecule has 3 atom stereocenters. The van der Waals surface area contributed by atoms with Gasteiger partial charge in [0.05, 0.1) is 5.92 Å². The van der Waals surface area contributed by atoms with E-state index in [9.17, 15) is 14.4 Å². The number of rotatable bonds is 8.